The van der Waals surface area contributed by atoms with Gasteiger partial charge in [0.15, 0.2) is 0 Å². The van der Waals surface area contributed by atoms with Crippen molar-refractivity contribution in [1.82, 2.24) is 5.32 Å². The number of primary amides is 1. The molecule has 0 aromatic carbocycles. The Labute approximate surface area is 72.5 Å². The first-order valence-corrected chi connectivity index (χ1v) is 4.07. The highest BCUT2D eigenvalue weighted by atomic mass is 16.2. The van der Waals surface area contributed by atoms with E-state index in [1.54, 1.807) is 0 Å². The molecule has 0 heterocycles. The molecule has 0 rings (SSSR count). The molecule has 0 aromatic rings. The van der Waals surface area contributed by atoms with Crippen LogP contribution in [0.3, 0.4) is 0 Å². The summed E-state index contributed by atoms with van der Waals surface area (Å²) in [5, 5.41) is 2.38. The van der Waals surface area contributed by atoms with Gasteiger partial charge in [-0.05, 0) is 18.8 Å². The van der Waals surface area contributed by atoms with Gasteiger partial charge < -0.3 is 11.1 Å². The van der Waals surface area contributed by atoms with Crippen LogP contribution in [-0.2, 0) is 9.59 Å². The maximum atomic E-state index is 10.7. The third-order valence-electron chi connectivity index (χ3n) is 1.65. The van der Waals surface area contributed by atoms with E-state index in [2.05, 4.69) is 19.2 Å². The first-order chi connectivity index (χ1) is 5.57. The molecule has 4 heteroatoms. The van der Waals surface area contributed by atoms with E-state index in [0.29, 0.717) is 18.7 Å². The minimum atomic E-state index is -0.509. The Morgan fingerprint density at radius 3 is 2.42 bits per heavy atom. The normalized spacial score (nSPS) is 12.6. The summed E-state index contributed by atoms with van der Waals surface area (Å²) in [5.74, 6) is 0.0445. The summed E-state index contributed by atoms with van der Waals surface area (Å²) in [5.41, 5.74) is 5.05. The second-order valence-corrected chi connectivity index (χ2v) is 3.21. The third-order valence-corrected chi connectivity index (χ3v) is 1.65. The van der Waals surface area contributed by atoms with E-state index >= 15 is 0 Å². The fourth-order valence-electron chi connectivity index (χ4n) is 0.890. The van der Waals surface area contributed by atoms with Crippen LogP contribution in [0, 0.1) is 5.92 Å². The minimum Gasteiger partial charge on any atom is -0.368 e. The average molecular weight is 172 g/mol. The summed E-state index contributed by atoms with van der Waals surface area (Å²) >= 11 is 0. The average Bonchev–Trinajstić information content (AvgIpc) is 1.96. The van der Waals surface area contributed by atoms with E-state index in [1.165, 1.54) is 0 Å². The summed E-state index contributed by atoms with van der Waals surface area (Å²) in [4.78, 5) is 20.7. The van der Waals surface area contributed by atoms with Crippen molar-refractivity contribution in [3.05, 3.63) is 0 Å². The Morgan fingerprint density at radius 2 is 2.08 bits per heavy atom. The molecule has 0 bridgehead atoms. The summed E-state index contributed by atoms with van der Waals surface area (Å²) in [6, 6.07) is -0.509. The third kappa shape index (κ3) is 4.71. The number of rotatable bonds is 6. The van der Waals surface area contributed by atoms with Crippen molar-refractivity contribution in [2.75, 3.05) is 0 Å². The minimum absolute atomic E-state index is 0.470. The molecule has 70 valence electrons. The first kappa shape index (κ1) is 10.9. The Balaban J connectivity index is 3.78. The quantitative estimate of drug-likeness (QED) is 0.554. The monoisotopic (exact) mass is 172 g/mol. The van der Waals surface area contributed by atoms with Crippen LogP contribution in [0.1, 0.15) is 26.7 Å². The molecule has 0 aliphatic rings. The van der Waals surface area contributed by atoms with E-state index in [0.717, 1.165) is 6.42 Å². The van der Waals surface area contributed by atoms with Crippen molar-refractivity contribution in [2.24, 2.45) is 11.7 Å². The van der Waals surface area contributed by atoms with Crippen LogP contribution in [0.25, 0.3) is 0 Å². The number of hydrogen-bond donors (Lipinski definition) is 2. The van der Waals surface area contributed by atoms with Gasteiger partial charge in [-0.1, -0.05) is 13.8 Å². The van der Waals surface area contributed by atoms with E-state index < -0.39 is 11.9 Å². The predicted molar refractivity (Wildman–Crippen MR) is 46.3 cm³/mol. The molecule has 0 saturated carbocycles. The lowest BCUT2D eigenvalue weighted by Crippen LogP contribution is -2.40. The van der Waals surface area contributed by atoms with Crippen molar-refractivity contribution in [1.29, 1.82) is 0 Å². The van der Waals surface area contributed by atoms with E-state index in [1.807, 2.05) is 0 Å². The highest BCUT2D eigenvalue weighted by Gasteiger charge is 2.13. The number of nitrogens with two attached hydrogens (primary N) is 1. The molecule has 2 amide bonds. The number of carbonyl (C=O) groups is 2. The van der Waals surface area contributed by atoms with Crippen LogP contribution < -0.4 is 11.1 Å². The molecule has 1 atom stereocenters. The number of carbonyl (C=O) groups excluding carboxylic acids is 2. The zero-order valence-corrected chi connectivity index (χ0v) is 7.54. The second kappa shape index (κ2) is 5.57. The lowest BCUT2D eigenvalue weighted by molar-refractivity contribution is -0.122. The summed E-state index contributed by atoms with van der Waals surface area (Å²) in [7, 11) is 0. The van der Waals surface area contributed by atoms with Crippen molar-refractivity contribution < 1.29 is 9.59 Å². The maximum Gasteiger partial charge on any atom is 0.239 e. The Kier molecular flexibility index (Phi) is 5.08. The Bertz CT molecular complexity index is 157. The second-order valence-electron chi connectivity index (χ2n) is 3.21. The van der Waals surface area contributed by atoms with Crippen LogP contribution in [0.2, 0.25) is 0 Å². The molecule has 4 nitrogen and oxygen atoms in total. The molecule has 0 saturated heterocycles. The highest BCUT2D eigenvalue weighted by molar-refractivity contribution is 5.81. The van der Waals surface area contributed by atoms with Gasteiger partial charge in [0.2, 0.25) is 12.3 Å². The van der Waals surface area contributed by atoms with Gasteiger partial charge in [-0.3, -0.25) is 9.59 Å². The van der Waals surface area contributed by atoms with E-state index in [9.17, 15) is 9.59 Å². The topological polar surface area (TPSA) is 72.2 Å². The predicted octanol–water partition coefficient (Wildman–Crippen LogP) is 0.0225. The van der Waals surface area contributed by atoms with Crippen molar-refractivity contribution in [3.63, 3.8) is 0 Å². The van der Waals surface area contributed by atoms with Crippen molar-refractivity contribution >= 4 is 12.3 Å². The van der Waals surface area contributed by atoms with Gasteiger partial charge in [-0.15, -0.1) is 0 Å². The van der Waals surface area contributed by atoms with Gasteiger partial charge in [0.25, 0.3) is 0 Å². The van der Waals surface area contributed by atoms with Gasteiger partial charge in [-0.2, -0.15) is 0 Å². The van der Waals surface area contributed by atoms with Crippen LogP contribution in [-0.4, -0.2) is 18.4 Å². The first-order valence-electron chi connectivity index (χ1n) is 4.07. The van der Waals surface area contributed by atoms with E-state index in [4.69, 9.17) is 5.73 Å². The molecule has 0 aliphatic heterocycles. The lowest BCUT2D eigenvalue weighted by atomic mass is 10.0. The van der Waals surface area contributed by atoms with Crippen LogP contribution in [0.5, 0.6) is 0 Å². The summed E-state index contributed by atoms with van der Waals surface area (Å²) in [6.07, 6.45) is 2.01. The van der Waals surface area contributed by atoms with Gasteiger partial charge in [0, 0.05) is 0 Å². The van der Waals surface area contributed by atoms with Gasteiger partial charge in [-0.25, -0.2) is 0 Å². The SMILES string of the molecule is CC(C)CCC(NC=O)C(N)=O. The fourth-order valence-corrected chi connectivity index (χ4v) is 0.890. The highest BCUT2D eigenvalue weighted by Crippen LogP contribution is 2.05. The van der Waals surface area contributed by atoms with Gasteiger partial charge in [0.1, 0.15) is 6.04 Å². The zero-order chi connectivity index (χ0) is 9.56. The van der Waals surface area contributed by atoms with Crippen LogP contribution in [0.4, 0.5) is 0 Å². The molecule has 12 heavy (non-hydrogen) atoms. The van der Waals surface area contributed by atoms with Crippen LogP contribution >= 0.6 is 0 Å². The molecular formula is C8H16N2O2. The van der Waals surface area contributed by atoms with Crippen LogP contribution in [0.15, 0.2) is 0 Å². The molecule has 3 N–H and O–H groups in total. The maximum absolute atomic E-state index is 10.7. The summed E-state index contributed by atoms with van der Waals surface area (Å²) < 4.78 is 0. The molecule has 0 spiro atoms. The van der Waals surface area contributed by atoms with Crippen molar-refractivity contribution in [2.45, 2.75) is 32.7 Å². The number of amides is 2. The molecule has 0 fully saturated rings. The Hall–Kier alpha value is -1.06. The number of nitrogens with one attached hydrogen (secondary N) is 1. The van der Waals surface area contributed by atoms with Gasteiger partial charge >= 0.3 is 0 Å². The molecule has 0 aromatic heterocycles. The van der Waals surface area contributed by atoms with E-state index in [-0.39, 0.29) is 0 Å². The zero-order valence-electron chi connectivity index (χ0n) is 7.54. The summed E-state index contributed by atoms with van der Waals surface area (Å²) in [6.45, 7) is 4.11. The smallest absolute Gasteiger partial charge is 0.239 e. The standard InChI is InChI=1S/C8H16N2O2/c1-6(2)3-4-7(8(9)12)10-5-11/h5-7H,3-4H2,1-2H3,(H2,9,12)(H,10,11). The van der Waals surface area contributed by atoms with Crippen molar-refractivity contribution in [3.8, 4) is 0 Å². The fraction of sp³-hybridized carbons (Fsp3) is 0.750. The largest absolute Gasteiger partial charge is 0.368 e. The number of hydrogen-bond acceptors (Lipinski definition) is 2. The molecule has 1 unspecified atom stereocenters. The lowest BCUT2D eigenvalue weighted by Gasteiger charge is -2.12. The molecule has 0 radical (unpaired) electrons. The molecular weight excluding hydrogens is 156 g/mol. The van der Waals surface area contributed by atoms with Gasteiger partial charge in [0.05, 0.1) is 0 Å². The Morgan fingerprint density at radius 1 is 1.50 bits per heavy atom. The molecule has 0 aliphatic carbocycles.